The van der Waals surface area contributed by atoms with E-state index in [2.05, 4.69) is 0 Å². The molecule has 1 amide bonds. The average molecular weight is 247 g/mol. The summed E-state index contributed by atoms with van der Waals surface area (Å²) in [6.45, 7) is 0. The molecule has 0 radical (unpaired) electrons. The lowest BCUT2D eigenvalue weighted by Crippen LogP contribution is -2.46. The van der Waals surface area contributed by atoms with Gasteiger partial charge < -0.3 is 4.74 Å². The second-order valence-electron chi connectivity index (χ2n) is 4.40. The van der Waals surface area contributed by atoms with E-state index in [4.69, 9.17) is 4.74 Å². The van der Waals surface area contributed by atoms with Crippen LogP contribution in [0.4, 0.5) is 10.5 Å². The summed E-state index contributed by atoms with van der Waals surface area (Å²) in [6, 6.07) is 8.82. The van der Waals surface area contributed by atoms with Gasteiger partial charge in [0.15, 0.2) is 5.78 Å². The van der Waals surface area contributed by atoms with Crippen molar-refractivity contribution in [2.45, 2.75) is 31.7 Å². The fourth-order valence-corrected chi connectivity index (χ4v) is 2.34. The maximum absolute atomic E-state index is 12.0. The molecule has 0 spiro atoms. The maximum atomic E-state index is 12.0. The Morgan fingerprint density at radius 1 is 1.28 bits per heavy atom. The standard InChI is InChI=1S/C14H17NO3/c1-18-14(17)15(11-7-3-2-4-8-11)12-9-5-6-10-13(12)16/h2-4,7-8,12H,5-6,9-10H2,1H3. The zero-order chi connectivity index (χ0) is 13.0. The van der Waals surface area contributed by atoms with E-state index in [0.717, 1.165) is 12.8 Å². The highest BCUT2D eigenvalue weighted by molar-refractivity contribution is 5.98. The van der Waals surface area contributed by atoms with Gasteiger partial charge in [0.05, 0.1) is 13.2 Å². The molecule has 18 heavy (non-hydrogen) atoms. The molecule has 2 rings (SSSR count). The number of nitrogens with zero attached hydrogens (tertiary/aromatic N) is 1. The number of hydrogen-bond donors (Lipinski definition) is 0. The first-order valence-corrected chi connectivity index (χ1v) is 6.19. The Hall–Kier alpha value is -1.84. The fourth-order valence-electron chi connectivity index (χ4n) is 2.34. The van der Waals surface area contributed by atoms with Gasteiger partial charge in [-0.25, -0.2) is 4.79 Å². The second kappa shape index (κ2) is 5.67. The topological polar surface area (TPSA) is 46.6 Å². The normalized spacial score (nSPS) is 19.4. The molecule has 1 saturated carbocycles. The van der Waals surface area contributed by atoms with Gasteiger partial charge in [-0.1, -0.05) is 24.6 Å². The average Bonchev–Trinajstić information content (AvgIpc) is 2.42. The molecule has 1 aliphatic carbocycles. The van der Waals surface area contributed by atoms with Gasteiger partial charge in [-0.15, -0.1) is 0 Å². The molecule has 1 atom stereocenters. The third kappa shape index (κ3) is 2.53. The molecule has 0 saturated heterocycles. The Labute approximate surface area is 107 Å². The number of rotatable bonds is 2. The molecular weight excluding hydrogens is 230 g/mol. The van der Waals surface area contributed by atoms with Crippen LogP contribution in [0.3, 0.4) is 0 Å². The fraction of sp³-hybridized carbons (Fsp3) is 0.429. The number of amides is 1. The molecule has 4 nitrogen and oxygen atoms in total. The van der Waals surface area contributed by atoms with Crippen molar-refractivity contribution in [3.8, 4) is 0 Å². The van der Waals surface area contributed by atoms with E-state index in [-0.39, 0.29) is 11.8 Å². The number of Topliss-reactive ketones (excluding diaryl/α,β-unsaturated/α-hetero) is 1. The van der Waals surface area contributed by atoms with Crippen LogP contribution >= 0.6 is 0 Å². The first-order valence-electron chi connectivity index (χ1n) is 6.19. The van der Waals surface area contributed by atoms with Crippen molar-refractivity contribution in [2.24, 2.45) is 0 Å². The predicted molar refractivity (Wildman–Crippen MR) is 68.6 cm³/mol. The third-order valence-electron chi connectivity index (χ3n) is 3.24. The lowest BCUT2D eigenvalue weighted by molar-refractivity contribution is -0.121. The second-order valence-corrected chi connectivity index (χ2v) is 4.40. The highest BCUT2D eigenvalue weighted by Crippen LogP contribution is 2.25. The lowest BCUT2D eigenvalue weighted by Gasteiger charge is -2.31. The first kappa shape index (κ1) is 12.6. The molecule has 96 valence electrons. The minimum Gasteiger partial charge on any atom is -0.452 e. The van der Waals surface area contributed by atoms with E-state index >= 15 is 0 Å². The zero-order valence-corrected chi connectivity index (χ0v) is 10.5. The summed E-state index contributed by atoms with van der Waals surface area (Å²) in [7, 11) is 1.34. The van der Waals surface area contributed by atoms with Crippen LogP contribution in [0, 0.1) is 0 Å². The van der Waals surface area contributed by atoms with Gasteiger partial charge in [0.2, 0.25) is 0 Å². The van der Waals surface area contributed by atoms with Crippen LogP contribution in [0.2, 0.25) is 0 Å². The van der Waals surface area contributed by atoms with Crippen LogP contribution in [0.1, 0.15) is 25.7 Å². The number of ether oxygens (including phenoxy) is 1. The minimum absolute atomic E-state index is 0.121. The number of ketones is 1. The van der Waals surface area contributed by atoms with Crippen LogP contribution in [0.25, 0.3) is 0 Å². The van der Waals surface area contributed by atoms with Gasteiger partial charge in [0.1, 0.15) is 0 Å². The highest BCUT2D eigenvalue weighted by Gasteiger charge is 2.33. The van der Waals surface area contributed by atoms with E-state index in [0.29, 0.717) is 18.5 Å². The number of anilines is 1. The molecule has 1 unspecified atom stereocenters. The number of carbonyl (C=O) groups excluding carboxylic acids is 2. The summed E-state index contributed by atoms with van der Waals surface area (Å²) in [5, 5.41) is 0. The van der Waals surface area contributed by atoms with Crippen molar-refractivity contribution < 1.29 is 14.3 Å². The molecule has 4 heteroatoms. The molecule has 1 fully saturated rings. The molecule has 0 N–H and O–H groups in total. The Kier molecular flexibility index (Phi) is 3.97. The Balaban J connectivity index is 2.30. The number of carbonyl (C=O) groups is 2. The number of benzene rings is 1. The molecule has 0 heterocycles. The van der Waals surface area contributed by atoms with E-state index < -0.39 is 6.09 Å². The van der Waals surface area contributed by atoms with Gasteiger partial charge in [-0.05, 0) is 25.0 Å². The van der Waals surface area contributed by atoms with E-state index in [9.17, 15) is 9.59 Å². The highest BCUT2D eigenvalue weighted by atomic mass is 16.5. The van der Waals surface area contributed by atoms with Crippen molar-refractivity contribution in [1.82, 2.24) is 0 Å². The van der Waals surface area contributed by atoms with Gasteiger partial charge in [0, 0.05) is 12.1 Å². The zero-order valence-electron chi connectivity index (χ0n) is 10.5. The lowest BCUT2D eigenvalue weighted by atomic mass is 9.92. The Morgan fingerprint density at radius 3 is 2.61 bits per heavy atom. The van der Waals surface area contributed by atoms with Crippen LogP contribution in [-0.4, -0.2) is 25.0 Å². The summed E-state index contributed by atoms with van der Waals surface area (Å²) in [4.78, 5) is 25.4. The maximum Gasteiger partial charge on any atom is 0.414 e. The molecule has 0 aliphatic heterocycles. The smallest absolute Gasteiger partial charge is 0.414 e. The van der Waals surface area contributed by atoms with Gasteiger partial charge in [0.25, 0.3) is 0 Å². The summed E-state index contributed by atoms with van der Waals surface area (Å²) in [5.41, 5.74) is 0.713. The van der Waals surface area contributed by atoms with Crippen LogP contribution in [0.15, 0.2) is 30.3 Å². The van der Waals surface area contributed by atoms with E-state index in [1.165, 1.54) is 12.0 Å². The van der Waals surface area contributed by atoms with Gasteiger partial charge in [-0.2, -0.15) is 0 Å². The molecular formula is C14H17NO3. The van der Waals surface area contributed by atoms with Crippen molar-refractivity contribution >= 4 is 17.6 Å². The number of para-hydroxylation sites is 1. The SMILES string of the molecule is COC(=O)N(c1ccccc1)C1CCCCC1=O. The Morgan fingerprint density at radius 2 is 2.00 bits per heavy atom. The largest absolute Gasteiger partial charge is 0.452 e. The summed E-state index contributed by atoms with van der Waals surface area (Å²) in [6.07, 6.45) is 2.67. The molecule has 0 aromatic heterocycles. The monoisotopic (exact) mass is 247 g/mol. The van der Waals surface area contributed by atoms with Crippen LogP contribution in [0.5, 0.6) is 0 Å². The van der Waals surface area contributed by atoms with E-state index in [1.54, 1.807) is 0 Å². The van der Waals surface area contributed by atoms with Crippen LogP contribution < -0.4 is 4.90 Å². The van der Waals surface area contributed by atoms with E-state index in [1.807, 2.05) is 30.3 Å². The summed E-state index contributed by atoms with van der Waals surface area (Å²) >= 11 is 0. The van der Waals surface area contributed by atoms with Gasteiger partial charge >= 0.3 is 6.09 Å². The van der Waals surface area contributed by atoms with Crippen molar-refractivity contribution in [3.63, 3.8) is 0 Å². The molecule has 0 bridgehead atoms. The van der Waals surface area contributed by atoms with Gasteiger partial charge in [-0.3, -0.25) is 9.69 Å². The molecule has 1 aromatic carbocycles. The van der Waals surface area contributed by atoms with Crippen molar-refractivity contribution in [2.75, 3.05) is 12.0 Å². The molecule has 1 aromatic rings. The summed E-state index contributed by atoms with van der Waals surface area (Å²) < 4.78 is 4.80. The first-order chi connectivity index (χ1) is 8.74. The third-order valence-corrected chi connectivity index (χ3v) is 3.24. The van der Waals surface area contributed by atoms with Crippen molar-refractivity contribution in [1.29, 1.82) is 0 Å². The van der Waals surface area contributed by atoms with Crippen molar-refractivity contribution in [3.05, 3.63) is 30.3 Å². The Bertz CT molecular complexity index is 430. The summed E-state index contributed by atoms with van der Waals surface area (Å²) in [5.74, 6) is 0.121. The quantitative estimate of drug-likeness (QED) is 0.807. The predicted octanol–water partition coefficient (Wildman–Crippen LogP) is 2.77. The number of hydrogen-bond acceptors (Lipinski definition) is 3. The molecule has 1 aliphatic rings. The minimum atomic E-state index is -0.471. The number of methoxy groups -OCH3 is 1. The van der Waals surface area contributed by atoms with Crippen LogP contribution in [-0.2, 0) is 9.53 Å².